The first kappa shape index (κ1) is 12.7. The summed E-state index contributed by atoms with van der Waals surface area (Å²) in [4.78, 5) is 10.6. The van der Waals surface area contributed by atoms with Gasteiger partial charge in [0.15, 0.2) is 0 Å². The lowest BCUT2D eigenvalue weighted by Crippen LogP contribution is -1.91. The van der Waals surface area contributed by atoms with Crippen molar-refractivity contribution in [3.63, 3.8) is 0 Å². The number of hydrogen-bond donors (Lipinski definition) is 3. The molecule has 0 aromatic heterocycles. The zero-order valence-electron chi connectivity index (χ0n) is 10.2. The molecule has 0 unspecified atom stereocenters. The second-order valence-corrected chi connectivity index (χ2v) is 4.14. The van der Waals surface area contributed by atoms with E-state index in [0.29, 0.717) is 11.4 Å². The highest BCUT2D eigenvalue weighted by Crippen LogP contribution is 2.27. The fourth-order valence-electron chi connectivity index (χ4n) is 1.79. The maximum Gasteiger partial charge on any atom is 0.328 e. The van der Waals surface area contributed by atoms with Crippen molar-refractivity contribution in [1.29, 1.82) is 0 Å². The van der Waals surface area contributed by atoms with E-state index in [1.165, 1.54) is 0 Å². The molecule has 0 fully saturated rings. The Morgan fingerprint density at radius 3 is 2.26 bits per heavy atom. The molecule has 4 nitrogen and oxygen atoms in total. The molecule has 0 spiro atoms. The molecule has 2 aromatic carbocycles. The number of nitrogen functional groups attached to an aromatic ring is 2. The van der Waals surface area contributed by atoms with Crippen LogP contribution in [0, 0.1) is 0 Å². The van der Waals surface area contributed by atoms with Gasteiger partial charge in [0.25, 0.3) is 0 Å². The summed E-state index contributed by atoms with van der Waals surface area (Å²) in [6.45, 7) is 0. The standard InChI is InChI=1S/C15H14N2O2/c16-12-5-1-10(2-6-12)14-9-13(17)7-3-11(14)4-8-15(18)19/h1-9H,16-17H2,(H,18,19)/b8-4+. The Balaban J connectivity index is 2.51. The van der Waals surface area contributed by atoms with E-state index >= 15 is 0 Å². The molecule has 2 rings (SSSR count). The molecule has 0 atom stereocenters. The van der Waals surface area contributed by atoms with Gasteiger partial charge in [0, 0.05) is 17.5 Å². The van der Waals surface area contributed by atoms with E-state index < -0.39 is 5.97 Å². The van der Waals surface area contributed by atoms with Crippen molar-refractivity contribution in [2.24, 2.45) is 0 Å². The summed E-state index contributed by atoms with van der Waals surface area (Å²) in [6, 6.07) is 12.7. The topological polar surface area (TPSA) is 89.3 Å². The maximum atomic E-state index is 10.6. The van der Waals surface area contributed by atoms with Gasteiger partial charge in [0.2, 0.25) is 0 Å². The van der Waals surface area contributed by atoms with Gasteiger partial charge in [-0.15, -0.1) is 0 Å². The summed E-state index contributed by atoms with van der Waals surface area (Å²) in [7, 11) is 0. The summed E-state index contributed by atoms with van der Waals surface area (Å²) < 4.78 is 0. The van der Waals surface area contributed by atoms with Crippen molar-refractivity contribution in [3.05, 3.63) is 54.1 Å². The molecular formula is C15H14N2O2. The van der Waals surface area contributed by atoms with E-state index in [4.69, 9.17) is 16.6 Å². The maximum absolute atomic E-state index is 10.6. The molecule has 2 aromatic rings. The van der Waals surface area contributed by atoms with Crippen LogP contribution in [0.15, 0.2) is 48.5 Å². The van der Waals surface area contributed by atoms with E-state index in [0.717, 1.165) is 22.8 Å². The lowest BCUT2D eigenvalue weighted by molar-refractivity contribution is -0.131. The van der Waals surface area contributed by atoms with Gasteiger partial charge in [-0.2, -0.15) is 0 Å². The molecule has 0 saturated heterocycles. The van der Waals surface area contributed by atoms with E-state index in [2.05, 4.69) is 0 Å². The Morgan fingerprint density at radius 2 is 1.63 bits per heavy atom. The molecule has 0 saturated carbocycles. The predicted octanol–water partition coefficient (Wildman–Crippen LogP) is 2.62. The van der Waals surface area contributed by atoms with Crippen molar-refractivity contribution in [2.45, 2.75) is 0 Å². The first-order valence-corrected chi connectivity index (χ1v) is 5.73. The third-order valence-corrected chi connectivity index (χ3v) is 2.70. The number of aliphatic carboxylic acids is 1. The Morgan fingerprint density at radius 1 is 1.00 bits per heavy atom. The second-order valence-electron chi connectivity index (χ2n) is 4.14. The largest absolute Gasteiger partial charge is 0.478 e. The zero-order valence-corrected chi connectivity index (χ0v) is 10.2. The van der Waals surface area contributed by atoms with Crippen molar-refractivity contribution < 1.29 is 9.90 Å². The van der Waals surface area contributed by atoms with Crippen molar-refractivity contribution in [2.75, 3.05) is 11.5 Å². The summed E-state index contributed by atoms with van der Waals surface area (Å²) in [5.74, 6) is -0.986. The SMILES string of the molecule is Nc1ccc(-c2cc(N)ccc2/C=C/C(=O)O)cc1. The monoisotopic (exact) mass is 254 g/mol. The number of carbonyl (C=O) groups is 1. The number of hydrogen-bond acceptors (Lipinski definition) is 3. The predicted molar refractivity (Wildman–Crippen MR) is 77.4 cm³/mol. The van der Waals surface area contributed by atoms with Crippen molar-refractivity contribution in [3.8, 4) is 11.1 Å². The van der Waals surface area contributed by atoms with Gasteiger partial charge < -0.3 is 16.6 Å². The molecule has 0 aliphatic rings. The van der Waals surface area contributed by atoms with Gasteiger partial charge in [-0.3, -0.25) is 0 Å². The number of nitrogens with two attached hydrogens (primary N) is 2. The van der Waals surface area contributed by atoms with Gasteiger partial charge in [-0.05, 0) is 47.0 Å². The molecule has 19 heavy (non-hydrogen) atoms. The lowest BCUT2D eigenvalue weighted by Gasteiger charge is -2.08. The van der Waals surface area contributed by atoms with Gasteiger partial charge in [-0.25, -0.2) is 4.79 Å². The van der Waals surface area contributed by atoms with Crippen LogP contribution in [-0.4, -0.2) is 11.1 Å². The third-order valence-electron chi connectivity index (χ3n) is 2.70. The van der Waals surface area contributed by atoms with Crippen LogP contribution in [0.3, 0.4) is 0 Å². The minimum absolute atomic E-state index is 0.624. The molecule has 0 aliphatic heterocycles. The third kappa shape index (κ3) is 3.13. The van der Waals surface area contributed by atoms with Gasteiger partial charge in [0.05, 0.1) is 0 Å². The van der Waals surface area contributed by atoms with Crippen molar-refractivity contribution in [1.82, 2.24) is 0 Å². The lowest BCUT2D eigenvalue weighted by atomic mass is 9.98. The quantitative estimate of drug-likeness (QED) is 0.580. The average Bonchev–Trinajstić information content (AvgIpc) is 2.38. The molecule has 4 heteroatoms. The Labute approximate surface area is 111 Å². The average molecular weight is 254 g/mol. The van der Waals surface area contributed by atoms with Crippen LogP contribution in [0.5, 0.6) is 0 Å². The van der Waals surface area contributed by atoms with Crippen molar-refractivity contribution >= 4 is 23.4 Å². The number of benzene rings is 2. The Kier molecular flexibility index (Phi) is 3.52. The van der Waals surface area contributed by atoms with Crippen LogP contribution in [0.25, 0.3) is 17.2 Å². The summed E-state index contributed by atoms with van der Waals surface area (Å²) in [6.07, 6.45) is 2.65. The van der Waals surface area contributed by atoms with Crippen LogP contribution in [-0.2, 0) is 4.79 Å². The zero-order chi connectivity index (χ0) is 13.8. The first-order chi connectivity index (χ1) is 9.06. The molecule has 0 amide bonds. The Bertz CT molecular complexity index is 631. The molecule has 0 heterocycles. The highest BCUT2D eigenvalue weighted by Gasteiger charge is 2.04. The summed E-state index contributed by atoms with van der Waals surface area (Å²) in [5, 5.41) is 8.70. The molecule has 0 bridgehead atoms. The van der Waals surface area contributed by atoms with Crippen LogP contribution in [0.2, 0.25) is 0 Å². The molecule has 5 N–H and O–H groups in total. The number of rotatable bonds is 3. The smallest absolute Gasteiger partial charge is 0.328 e. The van der Waals surface area contributed by atoms with E-state index in [-0.39, 0.29) is 0 Å². The van der Waals surface area contributed by atoms with Gasteiger partial charge in [-0.1, -0.05) is 18.2 Å². The fraction of sp³-hybridized carbons (Fsp3) is 0. The Hall–Kier alpha value is -2.75. The van der Waals surface area contributed by atoms with Crippen LogP contribution >= 0.6 is 0 Å². The highest BCUT2D eigenvalue weighted by molar-refractivity contribution is 5.88. The van der Waals surface area contributed by atoms with E-state index in [9.17, 15) is 4.79 Å². The van der Waals surface area contributed by atoms with Crippen LogP contribution in [0.4, 0.5) is 11.4 Å². The normalized spacial score (nSPS) is 10.7. The van der Waals surface area contributed by atoms with E-state index in [1.54, 1.807) is 30.3 Å². The summed E-state index contributed by atoms with van der Waals surface area (Å²) in [5.41, 5.74) is 15.3. The van der Waals surface area contributed by atoms with Crippen LogP contribution < -0.4 is 11.5 Å². The second kappa shape index (κ2) is 5.27. The van der Waals surface area contributed by atoms with E-state index in [1.807, 2.05) is 18.2 Å². The number of carboxylic acids is 1. The molecule has 0 aliphatic carbocycles. The first-order valence-electron chi connectivity index (χ1n) is 5.73. The molecule has 96 valence electrons. The minimum atomic E-state index is -0.986. The molecule has 0 radical (unpaired) electrons. The fourth-order valence-corrected chi connectivity index (χ4v) is 1.79. The van der Waals surface area contributed by atoms with Gasteiger partial charge >= 0.3 is 5.97 Å². The summed E-state index contributed by atoms with van der Waals surface area (Å²) >= 11 is 0. The van der Waals surface area contributed by atoms with Crippen LogP contribution in [0.1, 0.15) is 5.56 Å². The highest BCUT2D eigenvalue weighted by atomic mass is 16.4. The minimum Gasteiger partial charge on any atom is -0.478 e. The number of anilines is 2. The molecular weight excluding hydrogens is 240 g/mol. The number of carboxylic acid groups (broad SMARTS) is 1. The van der Waals surface area contributed by atoms with Gasteiger partial charge in [0.1, 0.15) is 0 Å².